The second-order valence-electron chi connectivity index (χ2n) is 8.21. The predicted molar refractivity (Wildman–Crippen MR) is 125 cm³/mol. The number of carbonyl (C=O) groups is 3. The first-order valence-corrected chi connectivity index (χ1v) is 12.5. The Kier molecular flexibility index (Phi) is 7.20. The largest absolute Gasteiger partial charge is 0.497 e. The van der Waals surface area contributed by atoms with Gasteiger partial charge in [-0.25, -0.2) is 18.1 Å². The Morgan fingerprint density at radius 2 is 1.77 bits per heavy atom. The molecule has 2 atom stereocenters. The van der Waals surface area contributed by atoms with Crippen LogP contribution in [0.3, 0.4) is 0 Å². The van der Waals surface area contributed by atoms with Crippen molar-refractivity contribution in [1.29, 1.82) is 0 Å². The summed E-state index contributed by atoms with van der Waals surface area (Å²) in [5.41, 5.74) is 0.503. The van der Waals surface area contributed by atoms with Gasteiger partial charge in [0.1, 0.15) is 11.8 Å². The molecular weight excluding hydrogens is 476 g/mol. The second kappa shape index (κ2) is 10.1. The monoisotopic (exact) mass is 502 g/mol. The number of ether oxygens (including phenoxy) is 3. The van der Waals surface area contributed by atoms with E-state index >= 15 is 0 Å². The molecule has 2 unspecified atom stereocenters. The van der Waals surface area contributed by atoms with Crippen LogP contribution in [0.4, 0.5) is 5.69 Å². The highest BCUT2D eigenvalue weighted by Gasteiger charge is 2.47. The van der Waals surface area contributed by atoms with Crippen molar-refractivity contribution >= 4 is 33.5 Å². The lowest BCUT2D eigenvalue weighted by molar-refractivity contribution is -0.122. The molecule has 4 rings (SSSR count). The van der Waals surface area contributed by atoms with Gasteiger partial charge in [0.2, 0.25) is 15.9 Å². The molecule has 2 aliphatic rings. The number of hydrogen-bond acceptors (Lipinski definition) is 8. The van der Waals surface area contributed by atoms with Crippen molar-refractivity contribution < 1.29 is 37.0 Å². The van der Waals surface area contributed by atoms with Crippen LogP contribution in [-0.2, 0) is 29.1 Å². The Labute approximate surface area is 203 Å². The fourth-order valence-electron chi connectivity index (χ4n) is 4.24. The molecule has 0 spiro atoms. The highest BCUT2D eigenvalue weighted by atomic mass is 32.2. The van der Waals surface area contributed by atoms with Gasteiger partial charge in [0, 0.05) is 13.2 Å². The van der Waals surface area contributed by atoms with Gasteiger partial charge in [0.05, 0.1) is 42.9 Å². The fraction of sp³-hybridized carbons (Fsp3) is 0.375. The van der Waals surface area contributed by atoms with E-state index < -0.39 is 33.8 Å². The number of sulfonamides is 1. The quantitative estimate of drug-likeness (QED) is 0.397. The molecule has 2 heterocycles. The van der Waals surface area contributed by atoms with Crippen molar-refractivity contribution in [3.05, 3.63) is 54.1 Å². The molecule has 0 bridgehead atoms. The molecule has 2 aromatic carbocycles. The molecule has 2 fully saturated rings. The van der Waals surface area contributed by atoms with Crippen LogP contribution in [0.1, 0.15) is 29.6 Å². The Hall–Kier alpha value is -3.28. The molecule has 0 saturated carbocycles. The van der Waals surface area contributed by atoms with Crippen molar-refractivity contribution in [2.45, 2.75) is 36.3 Å². The fourth-order valence-corrected chi connectivity index (χ4v) is 5.85. The third-order valence-electron chi connectivity index (χ3n) is 6.09. The topological polar surface area (TPSA) is 120 Å². The van der Waals surface area contributed by atoms with Crippen LogP contribution < -0.4 is 9.64 Å². The minimum absolute atomic E-state index is 0.0163. The standard InChI is InChI=1S/C24H26N2O8S/c1-32-18-9-11-20(12-10-18)35(30,31)25(15-19-4-3-13-34-19)21-14-22(27)26(23(21)28)17-7-5-16(6-8-17)24(29)33-2/h5-12,19,21H,3-4,13-15H2,1-2H3. The molecule has 2 aromatic rings. The Morgan fingerprint density at radius 1 is 1.09 bits per heavy atom. The number of esters is 1. The van der Waals surface area contributed by atoms with Crippen molar-refractivity contribution in [3.63, 3.8) is 0 Å². The summed E-state index contributed by atoms with van der Waals surface area (Å²) in [5, 5.41) is 0. The number of hydrogen-bond donors (Lipinski definition) is 0. The van der Waals surface area contributed by atoms with E-state index in [9.17, 15) is 22.8 Å². The number of amides is 2. The normalized spacial score (nSPS) is 20.5. The first-order valence-electron chi connectivity index (χ1n) is 11.1. The van der Waals surface area contributed by atoms with Crippen molar-refractivity contribution in [2.24, 2.45) is 0 Å². The highest BCUT2D eigenvalue weighted by Crippen LogP contribution is 2.31. The number of carbonyl (C=O) groups excluding carboxylic acids is 3. The Bertz CT molecular complexity index is 1210. The van der Waals surface area contributed by atoms with Gasteiger partial charge in [-0.3, -0.25) is 9.59 Å². The van der Waals surface area contributed by atoms with E-state index in [1.54, 1.807) is 0 Å². The average Bonchev–Trinajstić information content (AvgIpc) is 3.49. The van der Waals surface area contributed by atoms with E-state index in [1.807, 2.05) is 0 Å². The molecule has 35 heavy (non-hydrogen) atoms. The van der Waals surface area contributed by atoms with Gasteiger partial charge in [0.15, 0.2) is 0 Å². The third-order valence-corrected chi connectivity index (χ3v) is 7.98. The molecule has 0 N–H and O–H groups in total. The van der Waals surface area contributed by atoms with Gasteiger partial charge in [-0.1, -0.05) is 0 Å². The Morgan fingerprint density at radius 3 is 2.34 bits per heavy atom. The maximum absolute atomic E-state index is 13.7. The van der Waals surface area contributed by atoms with Gasteiger partial charge in [0.25, 0.3) is 5.91 Å². The SMILES string of the molecule is COC(=O)c1ccc(N2C(=O)CC(N(CC3CCCO3)S(=O)(=O)c3ccc(OC)cc3)C2=O)cc1. The first kappa shape index (κ1) is 24.8. The van der Waals surface area contributed by atoms with Crippen molar-refractivity contribution in [2.75, 3.05) is 32.3 Å². The zero-order chi connectivity index (χ0) is 25.2. The maximum Gasteiger partial charge on any atom is 0.337 e. The first-order chi connectivity index (χ1) is 16.8. The smallest absolute Gasteiger partial charge is 0.337 e. The average molecular weight is 503 g/mol. The number of rotatable bonds is 8. The number of imide groups is 1. The summed E-state index contributed by atoms with van der Waals surface area (Å²) in [7, 11) is -1.42. The molecule has 186 valence electrons. The van der Waals surface area contributed by atoms with Gasteiger partial charge < -0.3 is 14.2 Å². The molecule has 10 nitrogen and oxygen atoms in total. The van der Waals surface area contributed by atoms with E-state index in [1.165, 1.54) is 62.8 Å². The Balaban J connectivity index is 1.66. The molecule has 2 aliphatic heterocycles. The summed E-state index contributed by atoms with van der Waals surface area (Å²) in [6.45, 7) is 0.463. The third kappa shape index (κ3) is 4.93. The number of benzene rings is 2. The van der Waals surface area contributed by atoms with Crippen LogP contribution in [-0.4, -0.2) is 70.0 Å². The minimum Gasteiger partial charge on any atom is -0.497 e. The maximum atomic E-state index is 13.7. The van der Waals surface area contributed by atoms with Crippen molar-refractivity contribution in [1.82, 2.24) is 4.31 Å². The molecule has 0 radical (unpaired) electrons. The van der Waals surface area contributed by atoms with E-state index in [4.69, 9.17) is 9.47 Å². The summed E-state index contributed by atoms with van der Waals surface area (Å²) in [6, 6.07) is 10.4. The van der Waals surface area contributed by atoms with Gasteiger partial charge in [-0.15, -0.1) is 0 Å². The lowest BCUT2D eigenvalue weighted by Gasteiger charge is -2.29. The lowest BCUT2D eigenvalue weighted by Crippen LogP contribution is -2.48. The van der Waals surface area contributed by atoms with E-state index in [-0.39, 0.29) is 35.2 Å². The summed E-state index contributed by atoms with van der Waals surface area (Å²) in [5.74, 6) is -1.26. The summed E-state index contributed by atoms with van der Waals surface area (Å²) < 4.78 is 43.8. The van der Waals surface area contributed by atoms with Crippen LogP contribution in [0, 0.1) is 0 Å². The molecular formula is C24H26N2O8S. The zero-order valence-corrected chi connectivity index (χ0v) is 20.2. The summed E-state index contributed by atoms with van der Waals surface area (Å²) >= 11 is 0. The van der Waals surface area contributed by atoms with Crippen molar-refractivity contribution in [3.8, 4) is 5.75 Å². The van der Waals surface area contributed by atoms with E-state index in [2.05, 4.69) is 4.74 Å². The minimum atomic E-state index is -4.14. The van der Waals surface area contributed by atoms with Crippen LogP contribution in [0.25, 0.3) is 0 Å². The molecule has 11 heteroatoms. The molecule has 2 saturated heterocycles. The number of methoxy groups -OCH3 is 2. The zero-order valence-electron chi connectivity index (χ0n) is 19.4. The summed E-state index contributed by atoms with van der Waals surface area (Å²) in [4.78, 5) is 39.0. The van der Waals surface area contributed by atoms with Gasteiger partial charge in [-0.2, -0.15) is 4.31 Å². The van der Waals surface area contributed by atoms with Gasteiger partial charge in [-0.05, 0) is 61.4 Å². The van der Waals surface area contributed by atoms with E-state index in [0.717, 1.165) is 15.6 Å². The second-order valence-corrected chi connectivity index (χ2v) is 10.1. The van der Waals surface area contributed by atoms with Crippen LogP contribution in [0.2, 0.25) is 0 Å². The highest BCUT2D eigenvalue weighted by molar-refractivity contribution is 7.89. The summed E-state index contributed by atoms with van der Waals surface area (Å²) in [6.07, 6.45) is 0.762. The molecule has 2 amide bonds. The van der Waals surface area contributed by atoms with Crippen LogP contribution >= 0.6 is 0 Å². The van der Waals surface area contributed by atoms with Gasteiger partial charge >= 0.3 is 5.97 Å². The van der Waals surface area contributed by atoms with E-state index in [0.29, 0.717) is 18.8 Å². The number of nitrogens with zero attached hydrogens (tertiary/aromatic N) is 2. The lowest BCUT2D eigenvalue weighted by atomic mass is 10.2. The molecule has 0 aliphatic carbocycles. The molecule has 0 aromatic heterocycles. The van der Waals surface area contributed by atoms with Crippen LogP contribution in [0.5, 0.6) is 5.75 Å². The number of anilines is 1. The predicted octanol–water partition coefficient (Wildman–Crippen LogP) is 1.98. The van der Waals surface area contributed by atoms with Crippen LogP contribution in [0.15, 0.2) is 53.4 Å².